The van der Waals surface area contributed by atoms with Crippen molar-refractivity contribution in [2.45, 2.75) is 20.1 Å². The predicted octanol–water partition coefficient (Wildman–Crippen LogP) is 2.76. The van der Waals surface area contributed by atoms with Crippen molar-refractivity contribution in [3.8, 4) is 0 Å². The molecule has 0 saturated carbocycles. The van der Waals surface area contributed by atoms with Gasteiger partial charge in [-0.3, -0.25) is 4.79 Å². The molecule has 0 spiro atoms. The fourth-order valence-electron chi connectivity index (χ4n) is 2.31. The lowest BCUT2D eigenvalue weighted by atomic mass is 9.98. The molecule has 0 unspecified atom stereocenters. The van der Waals surface area contributed by atoms with Gasteiger partial charge in [0, 0.05) is 18.0 Å². The van der Waals surface area contributed by atoms with E-state index in [2.05, 4.69) is 5.32 Å². The summed E-state index contributed by atoms with van der Waals surface area (Å²) < 4.78 is 0. The number of anilines is 1. The fraction of sp³-hybridized carbons (Fsp3) is 0.214. The lowest BCUT2D eigenvalue weighted by Crippen LogP contribution is -2.06. The van der Waals surface area contributed by atoms with Crippen molar-refractivity contribution in [1.29, 1.82) is 0 Å². The summed E-state index contributed by atoms with van der Waals surface area (Å²) in [5.74, 6) is -0.0724. The maximum absolute atomic E-state index is 11.2. The monoisotopic (exact) mass is 243 g/mol. The maximum atomic E-state index is 11.2. The summed E-state index contributed by atoms with van der Waals surface area (Å²) >= 11 is 0. The Morgan fingerprint density at radius 2 is 1.83 bits per heavy atom. The van der Waals surface area contributed by atoms with Crippen molar-refractivity contribution in [3.05, 3.63) is 41.5 Å². The van der Waals surface area contributed by atoms with Gasteiger partial charge in [0.05, 0.1) is 0 Å². The molecule has 1 aliphatic rings. The van der Waals surface area contributed by atoms with E-state index < -0.39 is 0 Å². The first-order valence-electron chi connectivity index (χ1n) is 5.81. The fourth-order valence-corrected chi connectivity index (χ4v) is 2.31. The van der Waals surface area contributed by atoms with E-state index in [1.807, 2.05) is 30.3 Å². The summed E-state index contributed by atoms with van der Waals surface area (Å²) in [5, 5.41) is 4.99. The standard InChI is InChI=1S/C14H13NO3/c1-9(16)15-13-6-5-11-8-18-17-7-10-3-2-4-12(13)14(10)11/h2-6H,7-8H2,1H3,(H,15,16). The van der Waals surface area contributed by atoms with E-state index in [0.29, 0.717) is 13.2 Å². The van der Waals surface area contributed by atoms with Crippen LogP contribution in [0.1, 0.15) is 18.1 Å². The summed E-state index contributed by atoms with van der Waals surface area (Å²) in [4.78, 5) is 21.4. The van der Waals surface area contributed by atoms with Crippen LogP contribution in [-0.2, 0) is 27.8 Å². The first kappa shape index (κ1) is 11.2. The van der Waals surface area contributed by atoms with E-state index in [9.17, 15) is 4.79 Å². The minimum Gasteiger partial charge on any atom is -0.326 e. The second kappa shape index (κ2) is 4.40. The third-order valence-electron chi connectivity index (χ3n) is 3.04. The normalized spacial score (nSPS) is 14.3. The van der Waals surface area contributed by atoms with Gasteiger partial charge in [-0.05, 0) is 22.6 Å². The molecule has 1 amide bonds. The summed E-state index contributed by atoms with van der Waals surface area (Å²) in [7, 11) is 0. The van der Waals surface area contributed by atoms with Gasteiger partial charge in [-0.2, -0.15) is 0 Å². The minimum atomic E-state index is -0.0724. The highest BCUT2D eigenvalue weighted by molar-refractivity contribution is 6.03. The van der Waals surface area contributed by atoms with Crippen molar-refractivity contribution >= 4 is 22.4 Å². The number of hydrogen-bond acceptors (Lipinski definition) is 3. The number of benzene rings is 2. The molecule has 4 nitrogen and oxygen atoms in total. The summed E-state index contributed by atoms with van der Waals surface area (Å²) in [6, 6.07) is 9.84. The van der Waals surface area contributed by atoms with Crippen LogP contribution in [0.15, 0.2) is 30.3 Å². The first-order chi connectivity index (χ1) is 8.75. The zero-order chi connectivity index (χ0) is 12.5. The quantitative estimate of drug-likeness (QED) is 0.783. The number of hydrogen-bond donors (Lipinski definition) is 1. The topological polar surface area (TPSA) is 47.6 Å². The Labute approximate surface area is 104 Å². The molecule has 0 bridgehead atoms. The van der Waals surface area contributed by atoms with E-state index in [1.54, 1.807) is 0 Å². The Hall–Kier alpha value is -1.91. The van der Waals surface area contributed by atoms with E-state index in [-0.39, 0.29) is 5.91 Å². The maximum Gasteiger partial charge on any atom is 0.221 e. The number of carbonyl (C=O) groups is 1. The Morgan fingerprint density at radius 1 is 1.11 bits per heavy atom. The van der Waals surface area contributed by atoms with Gasteiger partial charge in [-0.15, -0.1) is 0 Å². The first-order valence-corrected chi connectivity index (χ1v) is 5.81. The molecule has 92 valence electrons. The van der Waals surface area contributed by atoms with E-state index >= 15 is 0 Å². The third-order valence-corrected chi connectivity index (χ3v) is 3.04. The number of amides is 1. The van der Waals surface area contributed by atoms with Crippen LogP contribution < -0.4 is 5.32 Å². The zero-order valence-electron chi connectivity index (χ0n) is 10.0. The van der Waals surface area contributed by atoms with E-state index in [0.717, 1.165) is 27.6 Å². The summed E-state index contributed by atoms with van der Waals surface area (Å²) in [6.07, 6.45) is 0. The highest BCUT2D eigenvalue weighted by Crippen LogP contribution is 2.32. The molecule has 0 saturated heterocycles. The lowest BCUT2D eigenvalue weighted by molar-refractivity contribution is -0.311. The van der Waals surface area contributed by atoms with Gasteiger partial charge in [-0.1, -0.05) is 24.3 Å². The zero-order valence-corrected chi connectivity index (χ0v) is 10.0. The summed E-state index contributed by atoms with van der Waals surface area (Å²) in [6.45, 7) is 2.36. The van der Waals surface area contributed by atoms with Crippen LogP contribution in [0, 0.1) is 0 Å². The van der Waals surface area contributed by atoms with Crippen molar-refractivity contribution in [3.63, 3.8) is 0 Å². The van der Waals surface area contributed by atoms with Crippen LogP contribution >= 0.6 is 0 Å². The molecule has 1 heterocycles. The van der Waals surface area contributed by atoms with Crippen molar-refractivity contribution in [2.24, 2.45) is 0 Å². The van der Waals surface area contributed by atoms with Gasteiger partial charge >= 0.3 is 0 Å². The smallest absolute Gasteiger partial charge is 0.221 e. The van der Waals surface area contributed by atoms with Gasteiger partial charge < -0.3 is 5.32 Å². The second-order valence-corrected chi connectivity index (χ2v) is 4.32. The van der Waals surface area contributed by atoms with Crippen molar-refractivity contribution in [1.82, 2.24) is 0 Å². The molecule has 0 atom stereocenters. The average molecular weight is 243 g/mol. The van der Waals surface area contributed by atoms with Crippen molar-refractivity contribution in [2.75, 3.05) is 5.32 Å². The highest BCUT2D eigenvalue weighted by Gasteiger charge is 2.14. The molecule has 2 aromatic carbocycles. The van der Waals surface area contributed by atoms with Crippen LogP contribution in [0.2, 0.25) is 0 Å². The molecule has 0 fully saturated rings. The molecule has 2 aromatic rings. The predicted molar refractivity (Wildman–Crippen MR) is 67.8 cm³/mol. The van der Waals surface area contributed by atoms with E-state index in [4.69, 9.17) is 9.78 Å². The molecule has 4 heteroatoms. The Bertz CT molecular complexity index is 609. The molecule has 18 heavy (non-hydrogen) atoms. The van der Waals surface area contributed by atoms with Gasteiger partial charge in [0.1, 0.15) is 13.2 Å². The van der Waals surface area contributed by atoms with Crippen LogP contribution in [-0.4, -0.2) is 5.91 Å². The SMILES string of the molecule is CC(=O)Nc1ccc2c3c(cccc13)COOC2. The van der Waals surface area contributed by atoms with Gasteiger partial charge in [0.25, 0.3) is 0 Å². The highest BCUT2D eigenvalue weighted by atomic mass is 17.2. The van der Waals surface area contributed by atoms with Crippen LogP contribution in [0.25, 0.3) is 10.8 Å². The van der Waals surface area contributed by atoms with Crippen LogP contribution in [0.4, 0.5) is 5.69 Å². The minimum absolute atomic E-state index is 0.0724. The Balaban J connectivity index is 2.27. The van der Waals surface area contributed by atoms with Gasteiger partial charge in [-0.25, -0.2) is 9.78 Å². The molecule has 1 aliphatic heterocycles. The van der Waals surface area contributed by atoms with Crippen LogP contribution in [0.5, 0.6) is 0 Å². The number of carbonyl (C=O) groups excluding carboxylic acids is 1. The molecular formula is C14H13NO3. The second-order valence-electron chi connectivity index (χ2n) is 4.32. The third kappa shape index (κ3) is 1.85. The van der Waals surface area contributed by atoms with Crippen LogP contribution in [0.3, 0.4) is 0 Å². The lowest BCUT2D eigenvalue weighted by Gasteiger charge is -2.11. The molecule has 1 N–H and O–H groups in total. The Kier molecular flexibility index (Phi) is 2.74. The van der Waals surface area contributed by atoms with Gasteiger partial charge in [0.2, 0.25) is 5.91 Å². The molecule has 0 aliphatic carbocycles. The summed E-state index contributed by atoms with van der Waals surface area (Å²) in [5.41, 5.74) is 2.98. The molecule has 0 aromatic heterocycles. The largest absolute Gasteiger partial charge is 0.326 e. The van der Waals surface area contributed by atoms with Gasteiger partial charge in [0.15, 0.2) is 0 Å². The molecule has 3 rings (SSSR count). The Morgan fingerprint density at radius 3 is 2.56 bits per heavy atom. The van der Waals surface area contributed by atoms with Crippen molar-refractivity contribution < 1.29 is 14.6 Å². The molecular weight excluding hydrogens is 230 g/mol. The number of rotatable bonds is 1. The average Bonchev–Trinajstić information content (AvgIpc) is 2.56. The van der Waals surface area contributed by atoms with E-state index in [1.165, 1.54) is 6.92 Å². The number of nitrogens with one attached hydrogen (secondary N) is 1. The molecule has 0 radical (unpaired) electrons.